The van der Waals surface area contributed by atoms with Crippen LogP contribution in [0.2, 0.25) is 0 Å². The van der Waals surface area contributed by atoms with Gasteiger partial charge in [-0.15, -0.1) is 0 Å². The van der Waals surface area contributed by atoms with Crippen molar-refractivity contribution in [2.75, 3.05) is 27.2 Å². The molecule has 2 amide bonds. The lowest BCUT2D eigenvalue weighted by atomic mass is 9.72. The normalized spacial score (nSPS) is 28.2. The van der Waals surface area contributed by atoms with Crippen LogP contribution in [-0.4, -0.2) is 54.8 Å². The molecule has 2 rings (SSSR count). The fourth-order valence-corrected chi connectivity index (χ4v) is 3.59. The van der Waals surface area contributed by atoms with E-state index in [1.54, 1.807) is 7.05 Å². The molecule has 1 aliphatic heterocycles. The van der Waals surface area contributed by atoms with E-state index in [0.29, 0.717) is 24.9 Å². The highest BCUT2D eigenvalue weighted by atomic mass is 16.7. The minimum absolute atomic E-state index is 0.00878. The molecule has 2 fully saturated rings. The summed E-state index contributed by atoms with van der Waals surface area (Å²) in [4.78, 5) is 31.3. The van der Waals surface area contributed by atoms with Crippen LogP contribution in [0.1, 0.15) is 40.0 Å². The first-order valence-electron chi connectivity index (χ1n) is 7.99. The van der Waals surface area contributed by atoms with Crippen LogP contribution in [0.25, 0.3) is 0 Å². The van der Waals surface area contributed by atoms with Crippen LogP contribution in [0, 0.1) is 17.8 Å². The van der Waals surface area contributed by atoms with Gasteiger partial charge in [-0.3, -0.25) is 9.63 Å². The molecule has 2 bridgehead atoms. The zero-order chi connectivity index (χ0) is 16.5. The molecule has 1 unspecified atom stereocenters. The van der Waals surface area contributed by atoms with Gasteiger partial charge in [0.25, 0.3) is 0 Å². The summed E-state index contributed by atoms with van der Waals surface area (Å²) in [5.74, 6) is 0.802. The third-order valence-electron chi connectivity index (χ3n) is 4.44. The lowest BCUT2D eigenvalue weighted by molar-refractivity contribution is -0.176. The molecule has 126 valence electrons. The van der Waals surface area contributed by atoms with E-state index in [0.717, 1.165) is 19.3 Å². The highest BCUT2D eigenvalue weighted by molar-refractivity contribution is 5.77. The topological polar surface area (TPSA) is 59.1 Å². The zero-order valence-electron chi connectivity index (χ0n) is 14.3. The van der Waals surface area contributed by atoms with Gasteiger partial charge in [-0.25, -0.2) is 9.86 Å². The monoisotopic (exact) mass is 312 g/mol. The summed E-state index contributed by atoms with van der Waals surface area (Å²) in [6.45, 7) is 7.01. The third-order valence-corrected chi connectivity index (χ3v) is 4.44. The average molecular weight is 312 g/mol. The quantitative estimate of drug-likeness (QED) is 0.734. The van der Waals surface area contributed by atoms with Gasteiger partial charge in [-0.05, 0) is 51.9 Å². The smallest absolute Gasteiger partial charge is 0.410 e. The highest BCUT2D eigenvalue weighted by Gasteiger charge is 2.40. The van der Waals surface area contributed by atoms with Crippen molar-refractivity contribution in [1.82, 2.24) is 9.96 Å². The molecular weight excluding hydrogens is 284 g/mol. The second-order valence-electron chi connectivity index (χ2n) is 7.54. The first-order valence-corrected chi connectivity index (χ1v) is 7.99. The van der Waals surface area contributed by atoms with Crippen LogP contribution in [0.5, 0.6) is 0 Å². The molecule has 0 aromatic heterocycles. The van der Waals surface area contributed by atoms with E-state index in [9.17, 15) is 9.59 Å². The van der Waals surface area contributed by atoms with E-state index in [1.165, 1.54) is 12.2 Å². The predicted molar refractivity (Wildman–Crippen MR) is 81.9 cm³/mol. The van der Waals surface area contributed by atoms with Crippen molar-refractivity contribution in [3.63, 3.8) is 0 Å². The van der Waals surface area contributed by atoms with E-state index in [2.05, 4.69) is 0 Å². The molecule has 0 aromatic rings. The number of hydrogen-bond donors (Lipinski definition) is 0. The van der Waals surface area contributed by atoms with Crippen molar-refractivity contribution in [2.45, 2.75) is 45.6 Å². The van der Waals surface area contributed by atoms with E-state index < -0.39 is 5.60 Å². The number of likely N-dealkylation sites (tertiary alicyclic amines) is 1. The van der Waals surface area contributed by atoms with Crippen LogP contribution in [-0.2, 0) is 14.4 Å². The fraction of sp³-hybridized carbons (Fsp3) is 0.875. The number of hydrogen-bond acceptors (Lipinski definition) is 4. The molecule has 1 saturated heterocycles. The van der Waals surface area contributed by atoms with Gasteiger partial charge in [-0.2, -0.15) is 0 Å². The summed E-state index contributed by atoms with van der Waals surface area (Å²) in [6.07, 6.45) is 2.51. The lowest BCUT2D eigenvalue weighted by Gasteiger charge is -2.44. The van der Waals surface area contributed by atoms with Gasteiger partial charge < -0.3 is 9.64 Å². The molecule has 2 aliphatic rings. The number of carbonyl (C=O) groups is 2. The summed E-state index contributed by atoms with van der Waals surface area (Å²) in [5.41, 5.74) is -0.469. The number of amides is 2. The van der Waals surface area contributed by atoms with Crippen LogP contribution >= 0.6 is 0 Å². The Morgan fingerprint density at radius 2 is 1.64 bits per heavy atom. The lowest BCUT2D eigenvalue weighted by Crippen LogP contribution is -2.50. The Hall–Kier alpha value is -1.30. The van der Waals surface area contributed by atoms with Gasteiger partial charge in [-0.1, -0.05) is 0 Å². The summed E-state index contributed by atoms with van der Waals surface area (Å²) in [6, 6.07) is 0. The molecule has 0 N–H and O–H groups in total. The molecule has 1 aliphatic carbocycles. The molecule has 6 heteroatoms. The van der Waals surface area contributed by atoms with Gasteiger partial charge >= 0.3 is 6.09 Å². The van der Waals surface area contributed by atoms with Crippen molar-refractivity contribution in [3.05, 3.63) is 0 Å². The number of rotatable bonds is 2. The maximum absolute atomic E-state index is 12.3. The number of fused-ring (bicyclic) bond motifs is 2. The highest BCUT2D eigenvalue weighted by Crippen LogP contribution is 2.39. The first kappa shape index (κ1) is 17.1. The summed E-state index contributed by atoms with van der Waals surface area (Å²) >= 11 is 0. The molecule has 3 atom stereocenters. The molecule has 0 spiro atoms. The fourth-order valence-electron chi connectivity index (χ4n) is 3.59. The van der Waals surface area contributed by atoms with Gasteiger partial charge in [0, 0.05) is 26.1 Å². The van der Waals surface area contributed by atoms with Crippen molar-refractivity contribution in [2.24, 2.45) is 17.8 Å². The first-order chi connectivity index (χ1) is 10.2. The van der Waals surface area contributed by atoms with E-state index in [4.69, 9.17) is 9.57 Å². The van der Waals surface area contributed by atoms with E-state index in [-0.39, 0.29) is 17.9 Å². The molecule has 1 heterocycles. The number of piperidine rings is 1. The van der Waals surface area contributed by atoms with Crippen LogP contribution < -0.4 is 0 Å². The zero-order valence-corrected chi connectivity index (χ0v) is 14.3. The summed E-state index contributed by atoms with van der Waals surface area (Å²) in [7, 11) is 3.16. The molecule has 6 nitrogen and oxygen atoms in total. The number of carbonyl (C=O) groups excluding carboxylic acids is 2. The Labute approximate surface area is 132 Å². The number of hydroxylamine groups is 2. The van der Waals surface area contributed by atoms with Crippen molar-refractivity contribution >= 4 is 12.0 Å². The summed E-state index contributed by atoms with van der Waals surface area (Å²) < 4.78 is 5.46. The largest absolute Gasteiger partial charge is 0.444 e. The van der Waals surface area contributed by atoms with E-state index in [1.807, 2.05) is 25.7 Å². The minimum Gasteiger partial charge on any atom is -0.444 e. The second kappa shape index (κ2) is 6.44. The Morgan fingerprint density at radius 1 is 1.09 bits per heavy atom. The molecule has 22 heavy (non-hydrogen) atoms. The maximum Gasteiger partial charge on any atom is 0.410 e. The Kier molecular flexibility index (Phi) is 5.00. The van der Waals surface area contributed by atoms with E-state index >= 15 is 0 Å². The minimum atomic E-state index is -0.469. The van der Waals surface area contributed by atoms with Crippen molar-refractivity contribution < 1.29 is 19.2 Å². The molecule has 0 aromatic carbocycles. The molecule has 0 radical (unpaired) electrons. The van der Waals surface area contributed by atoms with Crippen molar-refractivity contribution in [3.8, 4) is 0 Å². The maximum atomic E-state index is 12.3. The Bertz CT molecular complexity index is 418. The Balaban J connectivity index is 1.95. The van der Waals surface area contributed by atoms with Gasteiger partial charge in [0.05, 0.1) is 7.11 Å². The van der Waals surface area contributed by atoms with Crippen molar-refractivity contribution in [1.29, 1.82) is 0 Å². The second-order valence-corrected chi connectivity index (χ2v) is 7.54. The summed E-state index contributed by atoms with van der Waals surface area (Å²) in [5, 5.41) is 1.32. The van der Waals surface area contributed by atoms with Gasteiger partial charge in [0.15, 0.2) is 0 Å². The van der Waals surface area contributed by atoms with Crippen LogP contribution in [0.15, 0.2) is 0 Å². The molecular formula is C16H28N2O4. The predicted octanol–water partition coefficient (Wildman–Crippen LogP) is 2.29. The Morgan fingerprint density at radius 3 is 2.09 bits per heavy atom. The SMILES string of the molecule is CON(C)C(=O)C1C[C@@H]2C[C@H](C1)CN(C(=O)OC(C)(C)C)C2. The third kappa shape index (κ3) is 4.12. The number of ether oxygens (including phenoxy) is 1. The van der Waals surface area contributed by atoms with Crippen LogP contribution in [0.4, 0.5) is 4.79 Å². The van der Waals surface area contributed by atoms with Gasteiger partial charge in [0.1, 0.15) is 5.60 Å². The molecule has 1 saturated carbocycles. The van der Waals surface area contributed by atoms with Crippen LogP contribution in [0.3, 0.4) is 0 Å². The average Bonchev–Trinajstić information content (AvgIpc) is 2.42. The standard InChI is InChI=1S/C16H28N2O4/c1-16(2,3)22-15(20)18-9-11-6-12(10-18)8-13(7-11)14(19)17(4)21-5/h11-13H,6-10H2,1-5H3/t11-,12+,13?. The number of nitrogens with zero attached hydrogens (tertiary/aromatic N) is 2. The van der Waals surface area contributed by atoms with Gasteiger partial charge in [0.2, 0.25) is 5.91 Å².